The first-order valence-corrected chi connectivity index (χ1v) is 5.35. The summed E-state index contributed by atoms with van der Waals surface area (Å²) in [6.07, 6.45) is 1.78. The van der Waals surface area contributed by atoms with Crippen molar-refractivity contribution in [1.82, 2.24) is 0 Å². The molecule has 1 aromatic heterocycles. The Kier molecular flexibility index (Phi) is 2.31. The van der Waals surface area contributed by atoms with Gasteiger partial charge in [-0.05, 0) is 23.8 Å². The largest absolute Gasteiger partial charge is 0.475 e. The van der Waals surface area contributed by atoms with E-state index in [4.69, 9.17) is 9.52 Å². The van der Waals surface area contributed by atoms with Crippen molar-refractivity contribution < 1.29 is 14.3 Å². The van der Waals surface area contributed by atoms with E-state index >= 15 is 0 Å². The fraction of sp³-hybridized carbons (Fsp3) is 0.444. The summed E-state index contributed by atoms with van der Waals surface area (Å²) in [5.41, 5.74) is 1.07. The second kappa shape index (κ2) is 3.46. The molecular formula is C9H10O3S. The molecule has 13 heavy (non-hydrogen) atoms. The van der Waals surface area contributed by atoms with Crippen molar-refractivity contribution in [1.29, 1.82) is 0 Å². The molecule has 0 saturated heterocycles. The van der Waals surface area contributed by atoms with Crippen LogP contribution in [0.25, 0.3) is 0 Å². The average molecular weight is 198 g/mol. The highest BCUT2D eigenvalue weighted by molar-refractivity contribution is 7.99. The van der Waals surface area contributed by atoms with Crippen molar-refractivity contribution in [2.45, 2.75) is 12.8 Å². The first-order valence-electron chi connectivity index (χ1n) is 4.20. The van der Waals surface area contributed by atoms with E-state index in [-0.39, 0.29) is 5.76 Å². The molecule has 1 N–H and O–H groups in total. The Labute approximate surface area is 80.1 Å². The van der Waals surface area contributed by atoms with E-state index in [1.54, 1.807) is 6.07 Å². The van der Waals surface area contributed by atoms with Gasteiger partial charge in [0.15, 0.2) is 0 Å². The zero-order chi connectivity index (χ0) is 9.26. The Bertz CT molecular complexity index is 306. The first-order chi connectivity index (χ1) is 6.27. The molecule has 0 aromatic carbocycles. The van der Waals surface area contributed by atoms with Crippen molar-refractivity contribution in [3.8, 4) is 0 Å². The number of hydrogen-bond donors (Lipinski definition) is 1. The molecule has 1 aliphatic rings. The third kappa shape index (κ3) is 1.72. The van der Waals surface area contributed by atoms with Crippen molar-refractivity contribution in [3.63, 3.8) is 0 Å². The van der Waals surface area contributed by atoms with Gasteiger partial charge in [0.2, 0.25) is 5.76 Å². The van der Waals surface area contributed by atoms with Gasteiger partial charge in [0.25, 0.3) is 0 Å². The summed E-state index contributed by atoms with van der Waals surface area (Å²) in [4.78, 5) is 10.6. The van der Waals surface area contributed by atoms with Crippen LogP contribution in [0, 0.1) is 0 Å². The molecule has 0 bridgehead atoms. The Morgan fingerprint density at radius 2 is 2.23 bits per heavy atom. The van der Waals surface area contributed by atoms with Gasteiger partial charge in [-0.1, -0.05) is 0 Å². The molecule has 2 rings (SSSR count). The summed E-state index contributed by atoms with van der Waals surface area (Å²) in [7, 11) is 0. The van der Waals surface area contributed by atoms with E-state index in [1.165, 1.54) is 0 Å². The highest BCUT2D eigenvalue weighted by Gasteiger charge is 2.17. The number of hydrogen-bond acceptors (Lipinski definition) is 3. The number of furan rings is 1. The van der Waals surface area contributed by atoms with Gasteiger partial charge in [-0.2, -0.15) is 11.8 Å². The van der Waals surface area contributed by atoms with Crippen LogP contribution in [0.5, 0.6) is 0 Å². The van der Waals surface area contributed by atoms with Gasteiger partial charge < -0.3 is 9.52 Å². The van der Waals surface area contributed by atoms with Crippen molar-refractivity contribution in [2.24, 2.45) is 0 Å². The molecule has 0 radical (unpaired) electrons. The van der Waals surface area contributed by atoms with Crippen LogP contribution in [0.15, 0.2) is 10.5 Å². The van der Waals surface area contributed by atoms with Crippen LogP contribution in [0.4, 0.5) is 0 Å². The molecule has 70 valence electrons. The van der Waals surface area contributed by atoms with Crippen LogP contribution < -0.4 is 0 Å². The lowest BCUT2D eigenvalue weighted by Gasteiger charge is -1.91. The molecule has 3 nitrogen and oxygen atoms in total. The molecule has 0 fully saturated rings. The molecule has 2 heterocycles. The highest BCUT2D eigenvalue weighted by Crippen LogP contribution is 2.23. The number of fused-ring (bicyclic) bond motifs is 1. The predicted octanol–water partition coefficient (Wildman–Crippen LogP) is 1.81. The van der Waals surface area contributed by atoms with E-state index < -0.39 is 5.97 Å². The second-order valence-electron chi connectivity index (χ2n) is 2.98. The van der Waals surface area contributed by atoms with E-state index in [0.29, 0.717) is 0 Å². The molecule has 4 heteroatoms. The van der Waals surface area contributed by atoms with Gasteiger partial charge in [-0.15, -0.1) is 0 Å². The van der Waals surface area contributed by atoms with Crippen LogP contribution >= 0.6 is 11.8 Å². The molecular weight excluding hydrogens is 188 g/mol. The smallest absolute Gasteiger partial charge is 0.371 e. The Morgan fingerprint density at radius 1 is 1.46 bits per heavy atom. The second-order valence-corrected chi connectivity index (χ2v) is 4.20. The molecule has 1 aromatic rings. The quantitative estimate of drug-likeness (QED) is 0.747. The summed E-state index contributed by atoms with van der Waals surface area (Å²) in [5.74, 6) is 2.06. The van der Waals surface area contributed by atoms with Crippen molar-refractivity contribution in [2.75, 3.05) is 11.5 Å². The van der Waals surface area contributed by atoms with Gasteiger partial charge in [0, 0.05) is 12.2 Å². The number of carboxylic acids is 1. The van der Waals surface area contributed by atoms with Gasteiger partial charge in [0.1, 0.15) is 5.76 Å². The summed E-state index contributed by atoms with van der Waals surface area (Å²) in [5, 5.41) is 8.71. The molecule has 0 saturated carbocycles. The maximum absolute atomic E-state index is 10.6. The fourth-order valence-electron chi connectivity index (χ4n) is 1.44. The molecule has 0 unspecified atom stereocenters. The Balaban J connectivity index is 2.32. The molecule has 0 amide bonds. The summed E-state index contributed by atoms with van der Waals surface area (Å²) < 4.78 is 5.23. The van der Waals surface area contributed by atoms with Crippen LogP contribution in [0.1, 0.15) is 21.9 Å². The zero-order valence-corrected chi connectivity index (χ0v) is 7.89. The number of aryl methyl sites for hydroxylation is 2. The van der Waals surface area contributed by atoms with Gasteiger partial charge in [0.05, 0.1) is 0 Å². The Morgan fingerprint density at radius 3 is 3.00 bits per heavy atom. The number of aromatic carboxylic acids is 1. The summed E-state index contributed by atoms with van der Waals surface area (Å²) in [6.45, 7) is 0. The molecule has 0 aliphatic carbocycles. The number of thioether (sulfide) groups is 1. The number of carbonyl (C=O) groups is 1. The van der Waals surface area contributed by atoms with Crippen LogP contribution in [-0.2, 0) is 12.8 Å². The monoisotopic (exact) mass is 198 g/mol. The van der Waals surface area contributed by atoms with Gasteiger partial charge in [-0.3, -0.25) is 0 Å². The number of carboxylic acid groups (broad SMARTS) is 1. The van der Waals surface area contributed by atoms with E-state index in [9.17, 15) is 4.79 Å². The van der Waals surface area contributed by atoms with Crippen molar-refractivity contribution >= 4 is 17.7 Å². The first kappa shape index (κ1) is 8.69. The van der Waals surface area contributed by atoms with Crippen molar-refractivity contribution in [3.05, 3.63) is 23.2 Å². The lowest BCUT2D eigenvalue weighted by Crippen LogP contribution is -1.92. The normalized spacial score (nSPS) is 16.3. The highest BCUT2D eigenvalue weighted by atomic mass is 32.2. The third-order valence-electron chi connectivity index (χ3n) is 2.10. The number of rotatable bonds is 1. The van der Waals surface area contributed by atoms with E-state index in [1.807, 2.05) is 11.8 Å². The summed E-state index contributed by atoms with van der Waals surface area (Å²) >= 11 is 1.88. The SMILES string of the molecule is O=C(O)c1cc2c(o1)CCSCC2. The third-order valence-corrected chi connectivity index (χ3v) is 3.08. The van der Waals surface area contributed by atoms with Crippen LogP contribution in [-0.4, -0.2) is 22.6 Å². The average Bonchev–Trinajstić information content (AvgIpc) is 2.38. The maximum Gasteiger partial charge on any atom is 0.371 e. The lowest BCUT2D eigenvalue weighted by molar-refractivity contribution is 0.0660. The molecule has 0 spiro atoms. The summed E-state index contributed by atoms with van der Waals surface area (Å²) in [6, 6.07) is 1.66. The van der Waals surface area contributed by atoms with E-state index in [0.717, 1.165) is 35.7 Å². The van der Waals surface area contributed by atoms with Crippen LogP contribution in [0.2, 0.25) is 0 Å². The molecule has 0 atom stereocenters. The van der Waals surface area contributed by atoms with Gasteiger partial charge in [-0.25, -0.2) is 4.79 Å². The minimum atomic E-state index is -0.972. The minimum Gasteiger partial charge on any atom is -0.475 e. The van der Waals surface area contributed by atoms with Crippen LogP contribution in [0.3, 0.4) is 0 Å². The lowest BCUT2D eigenvalue weighted by atomic mass is 10.1. The minimum absolute atomic E-state index is 0.0805. The maximum atomic E-state index is 10.6. The fourth-order valence-corrected chi connectivity index (χ4v) is 2.34. The Hall–Kier alpha value is -0.900. The molecule has 1 aliphatic heterocycles. The van der Waals surface area contributed by atoms with E-state index in [2.05, 4.69) is 0 Å². The standard InChI is InChI=1S/C9H10O3S/c10-9(11)8-5-6-1-3-13-4-2-7(6)12-8/h5H,1-4H2,(H,10,11). The van der Waals surface area contributed by atoms with Gasteiger partial charge >= 0.3 is 5.97 Å². The topological polar surface area (TPSA) is 50.4 Å². The predicted molar refractivity (Wildman–Crippen MR) is 50.4 cm³/mol. The zero-order valence-electron chi connectivity index (χ0n) is 7.08.